The summed E-state index contributed by atoms with van der Waals surface area (Å²) in [6, 6.07) is 7.70. The SMILES string of the molecule is CNCc1cc(C(F)(F)F)cc(C(F)(F)F)c1.C[C@@H]1CN(c2ncc(C(=O)O)c(-c3ccc(F)cc3)n2)C[C@H](C)N1. The highest BCUT2D eigenvalue weighted by molar-refractivity contribution is 5.94. The quantitative estimate of drug-likeness (QED) is 0.335. The molecular weight excluding hydrogens is 559 g/mol. The first-order valence-corrected chi connectivity index (χ1v) is 12.4. The Kier molecular flexibility index (Phi) is 9.92. The van der Waals surface area contributed by atoms with Crippen molar-refractivity contribution >= 4 is 11.9 Å². The summed E-state index contributed by atoms with van der Waals surface area (Å²) in [5.41, 5.74) is -1.80. The Bertz CT molecular complexity index is 1310. The lowest BCUT2D eigenvalue weighted by molar-refractivity contribution is -0.143. The van der Waals surface area contributed by atoms with Crippen molar-refractivity contribution in [2.75, 3.05) is 25.0 Å². The summed E-state index contributed by atoms with van der Waals surface area (Å²) in [6.07, 6.45) is -8.26. The van der Waals surface area contributed by atoms with Crippen LogP contribution in [0.1, 0.15) is 40.9 Å². The van der Waals surface area contributed by atoms with Gasteiger partial charge in [-0.2, -0.15) is 26.3 Å². The molecule has 0 saturated carbocycles. The van der Waals surface area contributed by atoms with Crippen LogP contribution in [0.25, 0.3) is 11.3 Å². The van der Waals surface area contributed by atoms with Gasteiger partial charge in [0.25, 0.3) is 0 Å². The smallest absolute Gasteiger partial charge is 0.416 e. The Morgan fingerprint density at radius 3 is 2.00 bits per heavy atom. The summed E-state index contributed by atoms with van der Waals surface area (Å²) >= 11 is 0. The number of nitrogens with zero attached hydrogens (tertiary/aromatic N) is 3. The van der Waals surface area contributed by atoms with Crippen LogP contribution in [-0.4, -0.2) is 53.3 Å². The van der Waals surface area contributed by atoms with E-state index in [1.54, 1.807) is 0 Å². The fourth-order valence-corrected chi connectivity index (χ4v) is 4.32. The van der Waals surface area contributed by atoms with Crippen LogP contribution in [0, 0.1) is 5.82 Å². The van der Waals surface area contributed by atoms with E-state index >= 15 is 0 Å². The Morgan fingerprint density at radius 2 is 1.54 bits per heavy atom. The number of hydrogen-bond donors (Lipinski definition) is 3. The summed E-state index contributed by atoms with van der Waals surface area (Å²) in [4.78, 5) is 22.2. The number of alkyl halides is 6. The molecule has 222 valence electrons. The van der Waals surface area contributed by atoms with E-state index in [4.69, 9.17) is 0 Å². The molecule has 2 atom stereocenters. The van der Waals surface area contributed by atoms with Gasteiger partial charge in [0.2, 0.25) is 5.95 Å². The Morgan fingerprint density at radius 1 is 1.00 bits per heavy atom. The van der Waals surface area contributed by atoms with Crippen LogP contribution in [0.4, 0.5) is 36.7 Å². The van der Waals surface area contributed by atoms with Gasteiger partial charge in [0.15, 0.2) is 0 Å². The molecule has 0 spiro atoms. The van der Waals surface area contributed by atoms with Gasteiger partial charge in [-0.25, -0.2) is 19.2 Å². The van der Waals surface area contributed by atoms with Gasteiger partial charge in [-0.1, -0.05) is 0 Å². The number of carboxylic acids is 1. The highest BCUT2D eigenvalue weighted by Gasteiger charge is 2.36. The molecule has 14 heteroatoms. The standard InChI is InChI=1S/C17H19FN4O2.C10H9F6N/c1-10-8-22(9-11(2)20-10)17-19-7-14(16(23)24)15(21-17)12-3-5-13(18)6-4-12;1-17-5-6-2-7(9(11,12)13)4-8(3-6)10(14,15)16/h3-7,10-11,20H,8-9H2,1-2H3,(H,23,24);2-4,17H,5H2,1H3/t10-,11+;. The topological polar surface area (TPSA) is 90.4 Å². The number of carbonyl (C=O) groups is 1. The zero-order chi connectivity index (χ0) is 30.5. The number of rotatable bonds is 5. The molecule has 41 heavy (non-hydrogen) atoms. The molecule has 2 aromatic carbocycles. The molecule has 2 heterocycles. The van der Waals surface area contributed by atoms with Gasteiger partial charge in [0.05, 0.1) is 16.8 Å². The van der Waals surface area contributed by atoms with Gasteiger partial charge in [-0.05, 0) is 68.9 Å². The van der Waals surface area contributed by atoms with E-state index in [2.05, 4.69) is 34.4 Å². The average Bonchev–Trinajstić information content (AvgIpc) is 2.87. The molecule has 3 aromatic rings. The molecule has 0 radical (unpaired) electrons. The fraction of sp³-hybridized carbons (Fsp3) is 0.370. The van der Waals surface area contributed by atoms with Crippen molar-refractivity contribution in [3.8, 4) is 11.3 Å². The molecule has 0 amide bonds. The van der Waals surface area contributed by atoms with E-state index in [9.17, 15) is 40.6 Å². The van der Waals surface area contributed by atoms with Crippen LogP contribution < -0.4 is 15.5 Å². The van der Waals surface area contributed by atoms with Crippen molar-refractivity contribution in [1.82, 2.24) is 20.6 Å². The van der Waals surface area contributed by atoms with E-state index in [1.807, 2.05) is 4.90 Å². The molecule has 3 N–H and O–H groups in total. The Balaban J connectivity index is 0.000000241. The molecule has 1 aliphatic rings. The van der Waals surface area contributed by atoms with Crippen LogP contribution in [-0.2, 0) is 18.9 Å². The van der Waals surface area contributed by atoms with E-state index in [0.717, 1.165) is 13.1 Å². The van der Waals surface area contributed by atoms with Crippen LogP contribution >= 0.6 is 0 Å². The monoisotopic (exact) mass is 587 g/mol. The molecule has 7 nitrogen and oxygen atoms in total. The third-order valence-electron chi connectivity index (χ3n) is 5.99. The summed E-state index contributed by atoms with van der Waals surface area (Å²) in [5.74, 6) is -1.00. The molecule has 4 rings (SSSR count). The Labute approximate surface area is 231 Å². The molecule has 1 fully saturated rings. The van der Waals surface area contributed by atoms with Gasteiger partial charge in [-0.3, -0.25) is 0 Å². The summed E-state index contributed by atoms with van der Waals surface area (Å²) in [5, 5.41) is 15.3. The van der Waals surface area contributed by atoms with Gasteiger partial charge in [0.1, 0.15) is 11.4 Å². The number of carboxylic acid groups (broad SMARTS) is 1. The van der Waals surface area contributed by atoms with Crippen molar-refractivity contribution in [2.45, 2.75) is 44.8 Å². The first-order chi connectivity index (χ1) is 19.1. The number of nitrogens with one attached hydrogen (secondary N) is 2. The highest BCUT2D eigenvalue weighted by atomic mass is 19.4. The number of aromatic carboxylic acids is 1. The molecular formula is C27H28F7N5O2. The molecule has 1 aliphatic heterocycles. The normalized spacial score (nSPS) is 17.6. The number of aromatic nitrogens is 2. The lowest BCUT2D eigenvalue weighted by atomic mass is 10.0. The van der Waals surface area contributed by atoms with Gasteiger partial charge in [-0.15, -0.1) is 0 Å². The largest absolute Gasteiger partial charge is 0.478 e. The van der Waals surface area contributed by atoms with Crippen LogP contribution in [0.15, 0.2) is 48.7 Å². The molecule has 1 aromatic heterocycles. The minimum Gasteiger partial charge on any atom is -0.478 e. The van der Waals surface area contributed by atoms with E-state index < -0.39 is 29.4 Å². The molecule has 0 aliphatic carbocycles. The van der Waals surface area contributed by atoms with Crippen molar-refractivity contribution < 1.29 is 40.6 Å². The van der Waals surface area contributed by atoms with Gasteiger partial charge < -0.3 is 20.6 Å². The zero-order valence-electron chi connectivity index (χ0n) is 22.2. The Hall–Kier alpha value is -3.78. The van der Waals surface area contributed by atoms with Crippen molar-refractivity contribution in [3.63, 3.8) is 0 Å². The lowest BCUT2D eigenvalue weighted by Gasteiger charge is -2.36. The van der Waals surface area contributed by atoms with Crippen LogP contribution in [0.3, 0.4) is 0 Å². The average molecular weight is 588 g/mol. The van der Waals surface area contributed by atoms with Crippen LogP contribution in [0.2, 0.25) is 0 Å². The number of halogens is 7. The van der Waals surface area contributed by atoms with Gasteiger partial charge >= 0.3 is 18.3 Å². The predicted molar refractivity (Wildman–Crippen MR) is 138 cm³/mol. The number of piperazine rings is 1. The van der Waals surface area contributed by atoms with E-state index in [-0.39, 0.29) is 41.6 Å². The second-order valence-electron chi connectivity index (χ2n) is 9.56. The van der Waals surface area contributed by atoms with Crippen LogP contribution in [0.5, 0.6) is 0 Å². The maximum atomic E-state index is 13.2. The molecule has 0 bridgehead atoms. The first kappa shape index (κ1) is 31.7. The third kappa shape index (κ3) is 8.60. The minimum atomic E-state index is -4.79. The maximum Gasteiger partial charge on any atom is 0.416 e. The predicted octanol–water partition coefficient (Wildman–Crippen LogP) is 5.61. The second kappa shape index (κ2) is 12.8. The fourth-order valence-electron chi connectivity index (χ4n) is 4.32. The summed E-state index contributed by atoms with van der Waals surface area (Å²) < 4.78 is 87.5. The minimum absolute atomic E-state index is 0.00147. The number of hydrogen-bond acceptors (Lipinski definition) is 6. The second-order valence-corrected chi connectivity index (χ2v) is 9.56. The lowest BCUT2D eigenvalue weighted by Crippen LogP contribution is -2.54. The number of anilines is 1. The molecule has 1 saturated heterocycles. The van der Waals surface area contributed by atoms with Crippen molar-refractivity contribution in [3.05, 3.63) is 76.7 Å². The van der Waals surface area contributed by atoms with Crippen molar-refractivity contribution in [2.24, 2.45) is 0 Å². The molecule has 0 unspecified atom stereocenters. The van der Waals surface area contributed by atoms with E-state index in [0.29, 0.717) is 29.3 Å². The van der Waals surface area contributed by atoms with Crippen molar-refractivity contribution in [1.29, 1.82) is 0 Å². The number of benzene rings is 2. The van der Waals surface area contributed by atoms with E-state index in [1.165, 1.54) is 37.5 Å². The maximum absolute atomic E-state index is 13.2. The highest BCUT2D eigenvalue weighted by Crippen LogP contribution is 2.36. The third-order valence-corrected chi connectivity index (χ3v) is 5.99. The zero-order valence-corrected chi connectivity index (χ0v) is 22.2. The summed E-state index contributed by atoms with van der Waals surface area (Å²) in [6.45, 7) is 5.57. The van der Waals surface area contributed by atoms with Gasteiger partial charge in [0, 0.05) is 43.5 Å². The first-order valence-electron chi connectivity index (χ1n) is 12.4. The summed E-state index contributed by atoms with van der Waals surface area (Å²) in [7, 11) is 1.44.